The van der Waals surface area contributed by atoms with Gasteiger partial charge in [-0.25, -0.2) is 0 Å². The maximum absolute atomic E-state index is 12.8. The Morgan fingerprint density at radius 2 is 0.873 bits per heavy atom. The third kappa shape index (κ3) is 36.7. The zero-order valence-corrected chi connectivity index (χ0v) is 41.4. The van der Waals surface area contributed by atoms with Crippen molar-refractivity contribution in [2.75, 3.05) is 26.4 Å². The van der Waals surface area contributed by atoms with Gasteiger partial charge in [0.2, 0.25) is 0 Å². The molecule has 0 aromatic heterocycles. The summed E-state index contributed by atoms with van der Waals surface area (Å²) in [4.78, 5) is 12.8. The second-order valence-electron chi connectivity index (χ2n) is 19.0. The Balaban J connectivity index is 2.13. The lowest BCUT2D eigenvalue weighted by Gasteiger charge is -2.39. The summed E-state index contributed by atoms with van der Waals surface area (Å²) in [6.45, 7) is 4.60. The third-order valence-corrected chi connectivity index (χ3v) is 12.9. The second kappa shape index (κ2) is 46.1. The molecule has 0 aromatic carbocycles. The molecule has 0 aromatic rings. The molecule has 1 rings (SSSR count). The number of allylic oxidation sites excluding steroid dienone is 2. The molecule has 374 valence electrons. The summed E-state index contributed by atoms with van der Waals surface area (Å²) in [5, 5.41) is 40.2. The number of rotatable bonds is 48. The van der Waals surface area contributed by atoms with E-state index in [1.807, 2.05) is 0 Å². The minimum absolute atomic E-state index is 0.111. The number of esters is 1. The van der Waals surface area contributed by atoms with Gasteiger partial charge in [0.15, 0.2) is 6.29 Å². The number of aliphatic hydroxyl groups excluding tert-OH is 4. The van der Waals surface area contributed by atoms with Gasteiger partial charge in [-0.2, -0.15) is 0 Å². The largest absolute Gasteiger partial charge is 0.457 e. The molecule has 4 N–H and O–H groups in total. The Hall–Kier alpha value is -1.07. The van der Waals surface area contributed by atoms with Crippen molar-refractivity contribution in [1.82, 2.24) is 0 Å². The lowest BCUT2D eigenvalue weighted by molar-refractivity contribution is -0.305. The lowest BCUT2D eigenvalue weighted by atomic mass is 9.99. The van der Waals surface area contributed by atoms with Crippen LogP contribution in [-0.2, 0) is 23.7 Å². The summed E-state index contributed by atoms with van der Waals surface area (Å²) >= 11 is 0. The van der Waals surface area contributed by atoms with Crippen LogP contribution in [0.25, 0.3) is 0 Å². The van der Waals surface area contributed by atoms with Crippen LogP contribution < -0.4 is 0 Å². The number of hydrogen-bond donors (Lipinski definition) is 4. The van der Waals surface area contributed by atoms with E-state index in [9.17, 15) is 25.2 Å². The molecule has 9 heteroatoms. The average molecular weight is 897 g/mol. The summed E-state index contributed by atoms with van der Waals surface area (Å²) in [5.41, 5.74) is 0. The van der Waals surface area contributed by atoms with Crippen LogP contribution in [0, 0.1) is 0 Å². The van der Waals surface area contributed by atoms with Crippen LogP contribution in [0.3, 0.4) is 0 Å². The highest BCUT2D eigenvalue weighted by Crippen LogP contribution is 2.23. The van der Waals surface area contributed by atoms with Crippen LogP contribution in [-0.4, -0.2) is 89.6 Å². The van der Waals surface area contributed by atoms with Gasteiger partial charge in [-0.3, -0.25) is 4.79 Å². The summed E-state index contributed by atoms with van der Waals surface area (Å²) in [6, 6.07) is 0. The zero-order chi connectivity index (χ0) is 45.7. The highest BCUT2D eigenvalue weighted by atomic mass is 16.7. The van der Waals surface area contributed by atoms with E-state index >= 15 is 0 Å². The molecule has 1 aliphatic rings. The fraction of sp³-hybridized carbons (Fsp3) is 0.944. The molecule has 0 bridgehead atoms. The first kappa shape index (κ1) is 59.9. The minimum Gasteiger partial charge on any atom is -0.457 e. The Labute approximate surface area is 388 Å². The van der Waals surface area contributed by atoms with Gasteiger partial charge >= 0.3 is 5.97 Å². The van der Waals surface area contributed by atoms with Gasteiger partial charge in [0.25, 0.3) is 0 Å². The fourth-order valence-corrected chi connectivity index (χ4v) is 8.67. The normalized spacial score (nSPS) is 19.6. The SMILES string of the molecule is CCCCCCCC/C=C\CCCCCCCC(=O)OC(COCCCCCCCCCCCCCCCCCCCCCCCCCCC)COC1OC(CO)C(O)C(O)C1O. The van der Waals surface area contributed by atoms with Crippen LogP contribution in [0.4, 0.5) is 0 Å². The highest BCUT2D eigenvalue weighted by molar-refractivity contribution is 5.69. The summed E-state index contributed by atoms with van der Waals surface area (Å²) < 4.78 is 22.9. The Bertz CT molecular complexity index is 977. The van der Waals surface area contributed by atoms with E-state index in [0.29, 0.717) is 13.0 Å². The van der Waals surface area contributed by atoms with Gasteiger partial charge in [0, 0.05) is 13.0 Å². The van der Waals surface area contributed by atoms with Crippen molar-refractivity contribution in [3.05, 3.63) is 12.2 Å². The van der Waals surface area contributed by atoms with E-state index in [1.54, 1.807) is 0 Å². The molecule has 0 aliphatic carbocycles. The number of carbonyl (C=O) groups excluding carboxylic acids is 1. The van der Waals surface area contributed by atoms with Crippen molar-refractivity contribution in [3.8, 4) is 0 Å². The van der Waals surface area contributed by atoms with Gasteiger partial charge in [0.05, 0.1) is 19.8 Å². The lowest BCUT2D eigenvalue weighted by Crippen LogP contribution is -2.59. The molecule has 0 saturated carbocycles. The fourth-order valence-electron chi connectivity index (χ4n) is 8.67. The number of hydrogen-bond acceptors (Lipinski definition) is 9. The second-order valence-corrected chi connectivity index (χ2v) is 19.0. The van der Waals surface area contributed by atoms with E-state index < -0.39 is 43.4 Å². The van der Waals surface area contributed by atoms with E-state index in [2.05, 4.69) is 26.0 Å². The van der Waals surface area contributed by atoms with E-state index in [0.717, 1.165) is 44.9 Å². The molecule has 1 fully saturated rings. The zero-order valence-electron chi connectivity index (χ0n) is 41.4. The molecule has 1 saturated heterocycles. The Morgan fingerprint density at radius 1 is 0.492 bits per heavy atom. The quantitative estimate of drug-likeness (QED) is 0.0267. The van der Waals surface area contributed by atoms with E-state index in [-0.39, 0.29) is 19.2 Å². The first-order chi connectivity index (χ1) is 30.9. The molecule has 0 radical (unpaired) electrons. The monoisotopic (exact) mass is 897 g/mol. The number of carbonyl (C=O) groups is 1. The van der Waals surface area contributed by atoms with Gasteiger partial charge in [-0.1, -0.05) is 231 Å². The third-order valence-electron chi connectivity index (χ3n) is 12.9. The smallest absolute Gasteiger partial charge is 0.306 e. The molecule has 0 spiro atoms. The molecule has 1 aliphatic heterocycles. The summed E-state index contributed by atoms with van der Waals surface area (Å²) in [5.74, 6) is -0.316. The van der Waals surface area contributed by atoms with E-state index in [1.165, 1.54) is 199 Å². The van der Waals surface area contributed by atoms with Crippen molar-refractivity contribution in [3.63, 3.8) is 0 Å². The van der Waals surface area contributed by atoms with Crippen LogP contribution in [0.1, 0.15) is 264 Å². The molecular weight excluding hydrogens is 793 g/mol. The molecule has 0 amide bonds. The topological polar surface area (TPSA) is 135 Å². The van der Waals surface area contributed by atoms with Crippen LogP contribution in [0.5, 0.6) is 0 Å². The van der Waals surface area contributed by atoms with Crippen molar-refractivity contribution in [2.45, 2.75) is 301 Å². The molecule has 1 heterocycles. The number of ether oxygens (including phenoxy) is 4. The number of unbranched alkanes of at least 4 members (excludes halogenated alkanes) is 35. The summed E-state index contributed by atoms with van der Waals surface area (Å²) in [6.07, 6.45) is 46.9. The highest BCUT2D eigenvalue weighted by Gasteiger charge is 2.44. The van der Waals surface area contributed by atoms with Crippen LogP contribution in [0.2, 0.25) is 0 Å². The first-order valence-corrected chi connectivity index (χ1v) is 27.3. The van der Waals surface area contributed by atoms with Gasteiger partial charge in [0.1, 0.15) is 30.5 Å². The van der Waals surface area contributed by atoms with Crippen molar-refractivity contribution < 1.29 is 44.2 Å². The molecule has 6 unspecified atom stereocenters. The molecular formula is C54H104O9. The van der Waals surface area contributed by atoms with Crippen molar-refractivity contribution >= 4 is 5.97 Å². The summed E-state index contributed by atoms with van der Waals surface area (Å²) in [7, 11) is 0. The van der Waals surface area contributed by atoms with Crippen molar-refractivity contribution in [1.29, 1.82) is 0 Å². The molecule has 6 atom stereocenters. The van der Waals surface area contributed by atoms with Gasteiger partial charge in [-0.15, -0.1) is 0 Å². The standard InChI is InChI=1S/C54H104O9/c1-3-5-7-9-11-13-15-17-19-20-21-22-23-24-25-26-27-28-30-32-34-36-38-40-42-44-60-46-48(47-61-54-53(59)52(58)51(57)49(45-55)63-54)62-50(56)43-41-39-37-35-33-31-29-18-16-14-12-10-8-6-4-2/h18,29,48-49,51-55,57-59H,3-17,19-28,30-47H2,1-2H3/b29-18-. The van der Waals surface area contributed by atoms with E-state index in [4.69, 9.17) is 18.9 Å². The average Bonchev–Trinajstić information content (AvgIpc) is 3.28. The van der Waals surface area contributed by atoms with Gasteiger partial charge < -0.3 is 39.4 Å². The molecule has 9 nitrogen and oxygen atoms in total. The minimum atomic E-state index is -1.53. The van der Waals surface area contributed by atoms with Crippen LogP contribution >= 0.6 is 0 Å². The number of aliphatic hydroxyl groups is 4. The first-order valence-electron chi connectivity index (χ1n) is 27.3. The predicted octanol–water partition coefficient (Wildman–Crippen LogP) is 13.5. The molecule has 63 heavy (non-hydrogen) atoms. The Kier molecular flexibility index (Phi) is 43.8. The maximum atomic E-state index is 12.8. The maximum Gasteiger partial charge on any atom is 0.306 e. The van der Waals surface area contributed by atoms with Crippen LogP contribution in [0.15, 0.2) is 12.2 Å². The van der Waals surface area contributed by atoms with Crippen molar-refractivity contribution in [2.24, 2.45) is 0 Å². The predicted molar refractivity (Wildman–Crippen MR) is 261 cm³/mol. The Morgan fingerprint density at radius 3 is 1.29 bits per heavy atom. The van der Waals surface area contributed by atoms with Gasteiger partial charge in [-0.05, 0) is 38.5 Å².